The molecule has 1 aromatic rings. The summed E-state index contributed by atoms with van der Waals surface area (Å²) in [5.74, 6) is 1.49. The van der Waals surface area contributed by atoms with Crippen molar-refractivity contribution in [3.63, 3.8) is 0 Å². The van der Waals surface area contributed by atoms with Gasteiger partial charge in [0.05, 0.1) is 6.54 Å². The average molecular weight is 329 g/mol. The van der Waals surface area contributed by atoms with Gasteiger partial charge in [0, 0.05) is 6.21 Å². The Kier molecular flexibility index (Phi) is 6.51. The third-order valence-corrected chi connectivity index (χ3v) is 3.74. The Morgan fingerprint density at radius 3 is 2.91 bits per heavy atom. The summed E-state index contributed by atoms with van der Waals surface area (Å²) >= 11 is 1.46. The van der Waals surface area contributed by atoms with Crippen LogP contribution in [0.3, 0.4) is 0 Å². The number of aliphatic imine (C=N–C) groups is 1. The first-order valence-electron chi connectivity index (χ1n) is 7.21. The highest BCUT2D eigenvalue weighted by Crippen LogP contribution is 2.20. The normalized spacial score (nSPS) is 14.7. The predicted molar refractivity (Wildman–Crippen MR) is 94.4 cm³/mol. The van der Waals surface area contributed by atoms with Crippen molar-refractivity contribution in [2.45, 2.75) is 6.92 Å². The summed E-state index contributed by atoms with van der Waals surface area (Å²) in [6.45, 7) is 3.28. The average Bonchev–Trinajstić information content (AvgIpc) is 2.60. The Labute approximate surface area is 140 Å². The molecule has 0 fully saturated rings. The van der Waals surface area contributed by atoms with E-state index in [4.69, 9.17) is 4.74 Å². The zero-order valence-electron chi connectivity index (χ0n) is 13.2. The number of nitrogens with zero attached hydrogens (tertiary/aromatic N) is 4. The molecule has 0 radical (unpaired) electrons. The maximum absolute atomic E-state index is 9.43. The molecule has 1 aliphatic rings. The highest BCUT2D eigenvalue weighted by Gasteiger charge is 2.22. The molecule has 23 heavy (non-hydrogen) atoms. The van der Waals surface area contributed by atoms with Crippen LogP contribution in [-0.4, -0.2) is 42.3 Å². The van der Waals surface area contributed by atoms with Crippen molar-refractivity contribution in [3.05, 3.63) is 41.7 Å². The topological polar surface area (TPSA) is 73.0 Å². The minimum Gasteiger partial charge on any atom is -0.492 e. The fourth-order valence-electron chi connectivity index (χ4n) is 2.05. The number of rotatable bonds is 6. The molecule has 0 aromatic heterocycles. The van der Waals surface area contributed by atoms with Crippen molar-refractivity contribution < 1.29 is 4.74 Å². The molecular weight excluding hydrogens is 310 g/mol. The smallest absolute Gasteiger partial charge is 0.145 e. The number of nitriles is 1. The molecular formula is C16H19N5OS. The van der Waals surface area contributed by atoms with E-state index in [9.17, 15) is 5.26 Å². The third kappa shape index (κ3) is 4.50. The van der Waals surface area contributed by atoms with Gasteiger partial charge in [-0.25, -0.2) is 5.01 Å². The second-order valence-corrected chi connectivity index (χ2v) is 5.30. The standard InChI is InChI=1S/C16H19N5OS/c1-3-20-21-12-19-16(23-2)14(11-17)15(21)18-9-10-22-13-7-5-4-6-8-13/h3-8,18H,9-10,12H2,1-2H3/b20-3-. The highest BCUT2D eigenvalue weighted by molar-refractivity contribution is 8.13. The van der Waals surface area contributed by atoms with E-state index < -0.39 is 0 Å². The Hall–Kier alpha value is -2.46. The SMILES string of the molecule is C/C=N\N1CN=C(SC)C(C#N)=C1NCCOc1ccccc1. The lowest BCUT2D eigenvalue weighted by atomic mass is 10.3. The van der Waals surface area contributed by atoms with Gasteiger partial charge in [-0.3, -0.25) is 4.99 Å². The number of thioether (sulfide) groups is 1. The van der Waals surface area contributed by atoms with Crippen molar-refractivity contribution in [3.8, 4) is 11.8 Å². The van der Waals surface area contributed by atoms with Crippen molar-refractivity contribution in [2.24, 2.45) is 10.1 Å². The molecule has 1 N–H and O–H groups in total. The van der Waals surface area contributed by atoms with Gasteiger partial charge in [-0.05, 0) is 25.3 Å². The van der Waals surface area contributed by atoms with E-state index in [0.29, 0.717) is 31.2 Å². The fourth-order valence-corrected chi connectivity index (χ4v) is 2.58. The van der Waals surface area contributed by atoms with Gasteiger partial charge in [0.15, 0.2) is 0 Å². The molecule has 7 heteroatoms. The van der Waals surface area contributed by atoms with E-state index in [2.05, 4.69) is 21.5 Å². The quantitative estimate of drug-likeness (QED) is 0.641. The molecule has 0 atom stereocenters. The van der Waals surface area contributed by atoms with Gasteiger partial charge in [-0.15, -0.1) is 11.8 Å². The molecule has 1 heterocycles. The Morgan fingerprint density at radius 2 is 2.26 bits per heavy atom. The van der Waals surface area contributed by atoms with E-state index in [-0.39, 0.29) is 0 Å². The molecule has 0 aliphatic carbocycles. The second kappa shape index (κ2) is 8.86. The number of hydrogen-bond acceptors (Lipinski definition) is 7. The summed E-state index contributed by atoms with van der Waals surface area (Å²) in [5, 5.41) is 19.3. The summed E-state index contributed by atoms with van der Waals surface area (Å²) in [6.07, 6.45) is 3.59. The van der Waals surface area contributed by atoms with Crippen molar-refractivity contribution >= 4 is 23.0 Å². The number of benzene rings is 1. The van der Waals surface area contributed by atoms with Gasteiger partial charge in [0.2, 0.25) is 0 Å². The Morgan fingerprint density at radius 1 is 1.48 bits per heavy atom. The molecule has 0 saturated heterocycles. The molecule has 0 bridgehead atoms. The van der Waals surface area contributed by atoms with Crippen LogP contribution < -0.4 is 10.1 Å². The summed E-state index contributed by atoms with van der Waals surface area (Å²) in [7, 11) is 0. The van der Waals surface area contributed by atoms with Crippen LogP contribution in [0.5, 0.6) is 5.75 Å². The van der Waals surface area contributed by atoms with E-state index in [0.717, 1.165) is 10.8 Å². The van der Waals surface area contributed by atoms with Gasteiger partial charge < -0.3 is 10.1 Å². The first-order chi connectivity index (χ1) is 11.3. The molecule has 0 unspecified atom stereocenters. The van der Waals surface area contributed by atoms with Gasteiger partial charge >= 0.3 is 0 Å². The van der Waals surface area contributed by atoms with Crippen molar-refractivity contribution in [2.75, 3.05) is 26.1 Å². The summed E-state index contributed by atoms with van der Waals surface area (Å²) < 4.78 is 5.65. The maximum Gasteiger partial charge on any atom is 0.145 e. The highest BCUT2D eigenvalue weighted by atomic mass is 32.2. The van der Waals surface area contributed by atoms with Crippen LogP contribution in [0.1, 0.15) is 6.92 Å². The van der Waals surface area contributed by atoms with Crippen molar-refractivity contribution in [1.29, 1.82) is 5.26 Å². The van der Waals surface area contributed by atoms with Crippen molar-refractivity contribution in [1.82, 2.24) is 10.3 Å². The first kappa shape index (κ1) is 16.9. The minimum atomic E-state index is 0.396. The van der Waals surface area contributed by atoms with E-state index in [1.165, 1.54) is 11.8 Å². The van der Waals surface area contributed by atoms with Crippen LogP contribution in [0.15, 0.2) is 51.8 Å². The monoisotopic (exact) mass is 329 g/mol. The number of hydrazone groups is 1. The van der Waals surface area contributed by atoms with E-state index in [1.54, 1.807) is 11.2 Å². The first-order valence-corrected chi connectivity index (χ1v) is 8.43. The Balaban J connectivity index is 2.02. The third-order valence-electron chi connectivity index (χ3n) is 3.02. The second-order valence-electron chi connectivity index (χ2n) is 4.51. The number of nitrogens with one attached hydrogen (secondary N) is 1. The predicted octanol–water partition coefficient (Wildman–Crippen LogP) is 2.43. The lowest BCUT2D eigenvalue weighted by molar-refractivity contribution is 0.295. The van der Waals surface area contributed by atoms with Gasteiger partial charge in [-0.1, -0.05) is 18.2 Å². The van der Waals surface area contributed by atoms with E-state index in [1.807, 2.05) is 43.5 Å². The Bertz CT molecular complexity index is 648. The minimum absolute atomic E-state index is 0.396. The number of para-hydroxylation sites is 1. The molecule has 0 saturated carbocycles. The molecule has 0 amide bonds. The zero-order valence-corrected chi connectivity index (χ0v) is 14.0. The van der Waals surface area contributed by atoms with Crippen LogP contribution in [-0.2, 0) is 0 Å². The van der Waals surface area contributed by atoms with E-state index >= 15 is 0 Å². The molecule has 120 valence electrons. The van der Waals surface area contributed by atoms with Gasteiger partial charge in [0.1, 0.15) is 41.5 Å². The molecule has 0 spiro atoms. The largest absolute Gasteiger partial charge is 0.492 e. The summed E-state index contributed by atoms with van der Waals surface area (Å²) in [6, 6.07) is 11.8. The maximum atomic E-state index is 9.43. The zero-order chi connectivity index (χ0) is 16.5. The van der Waals surface area contributed by atoms with Gasteiger partial charge in [-0.2, -0.15) is 10.4 Å². The van der Waals surface area contributed by atoms with Crippen LogP contribution in [0, 0.1) is 11.3 Å². The molecule has 1 aromatic carbocycles. The summed E-state index contributed by atoms with van der Waals surface area (Å²) in [4.78, 5) is 4.37. The number of ether oxygens (including phenoxy) is 1. The van der Waals surface area contributed by atoms with Crippen LogP contribution >= 0.6 is 11.8 Å². The van der Waals surface area contributed by atoms with Crippen LogP contribution in [0.2, 0.25) is 0 Å². The lowest BCUT2D eigenvalue weighted by Crippen LogP contribution is -2.36. The van der Waals surface area contributed by atoms with Crippen LogP contribution in [0.4, 0.5) is 0 Å². The summed E-state index contributed by atoms with van der Waals surface area (Å²) in [5.41, 5.74) is 0.508. The lowest BCUT2D eigenvalue weighted by Gasteiger charge is -2.26. The number of hydrogen-bond donors (Lipinski definition) is 1. The van der Waals surface area contributed by atoms with Gasteiger partial charge in [0.25, 0.3) is 0 Å². The fraction of sp³-hybridized carbons (Fsp3) is 0.312. The molecule has 2 rings (SSSR count). The molecule has 6 nitrogen and oxygen atoms in total. The van der Waals surface area contributed by atoms with Crippen LogP contribution in [0.25, 0.3) is 0 Å². The molecule has 1 aliphatic heterocycles.